The summed E-state index contributed by atoms with van der Waals surface area (Å²) in [6.07, 6.45) is 0. The zero-order valence-electron chi connectivity index (χ0n) is 64.4. The second kappa shape index (κ2) is 20.7. The van der Waals surface area contributed by atoms with E-state index in [2.05, 4.69) is 0 Å². The van der Waals surface area contributed by atoms with Gasteiger partial charge in [0.1, 0.15) is 44.7 Å². The monoisotopic (exact) mass is 1190 g/mol. The van der Waals surface area contributed by atoms with Gasteiger partial charge in [-0.05, 0) is 177 Å². The summed E-state index contributed by atoms with van der Waals surface area (Å²) in [5, 5.41) is 7.64. The summed E-state index contributed by atoms with van der Waals surface area (Å²) in [6.45, 7) is 0. The summed E-state index contributed by atoms with van der Waals surface area (Å²) in [7, 11) is 0. The lowest BCUT2D eigenvalue weighted by molar-refractivity contribution is 0.668. The highest BCUT2D eigenvalue weighted by molar-refractivity contribution is 6.28. The van der Waals surface area contributed by atoms with E-state index in [9.17, 15) is 11.0 Å². The van der Waals surface area contributed by atoms with E-state index in [1.807, 2.05) is 194 Å². The van der Waals surface area contributed by atoms with Gasteiger partial charge < -0.3 is 17.7 Å². The zero-order valence-corrected chi connectivity index (χ0v) is 48.4. The van der Waals surface area contributed by atoms with E-state index in [0.29, 0.717) is 72.3 Å². The van der Waals surface area contributed by atoms with Crippen molar-refractivity contribution in [2.24, 2.45) is 0 Å². The summed E-state index contributed by atoms with van der Waals surface area (Å²) in [6, 6.07) is 62.5. The van der Waals surface area contributed by atoms with Crippen LogP contribution in [-0.4, -0.2) is 0 Å². The smallest absolute Gasteiger partial charge is 0.143 e. The molecule has 0 atom stereocenters. The molecule has 0 aliphatic carbocycles. The van der Waals surface area contributed by atoms with Crippen molar-refractivity contribution in [1.29, 1.82) is 0 Å². The third kappa shape index (κ3) is 8.10. The minimum atomic E-state index is -0.457. The third-order valence-electron chi connectivity index (χ3n) is 17.8. The molecule has 0 saturated heterocycles. The van der Waals surface area contributed by atoms with Gasteiger partial charge >= 0.3 is 0 Å². The lowest BCUT2D eigenvalue weighted by Crippen LogP contribution is -1.92. The molecule has 4 aromatic heterocycles. The van der Waals surface area contributed by atoms with Crippen LogP contribution in [0.25, 0.3) is 198 Å². The standard InChI is InChI=1S/2C44H26O2/c1-2-12-27(13-3-1)29-24-25-37(43-36-19-9-11-21-39(36)46-44(29)43)42-34-17-6-4-15-32(34)41(33-16-5-7-18-35(33)42)28-22-23-31-30-14-8-10-20-38(30)45-40(31)26-28;1-2-10-27(11-3-1)28-18-21-32-33-22-19-30(26-42(33)46-41(32)25-28)44-36-15-6-4-13-34(36)43(35-14-5-7-16-37(35)44)29-20-23-40-38(24-29)31-12-8-9-17-39(31)45-40/h2*1-26H/i4D,5D,6D,7D,15D,16D,17D,18D;4D,5D,6D,7D,13D,14D,15D,16D. The van der Waals surface area contributed by atoms with E-state index in [0.717, 1.165) is 60.0 Å². The molecular weight excluding hydrogens is 1120 g/mol. The van der Waals surface area contributed by atoms with Crippen molar-refractivity contribution in [2.45, 2.75) is 0 Å². The molecule has 4 heterocycles. The molecule has 0 saturated carbocycles. The van der Waals surface area contributed by atoms with E-state index in [1.54, 1.807) is 24.3 Å². The molecule has 92 heavy (non-hydrogen) atoms. The summed E-state index contributed by atoms with van der Waals surface area (Å²) in [4.78, 5) is 0. The number of hydrogen-bond donors (Lipinski definition) is 0. The summed E-state index contributed by atoms with van der Waals surface area (Å²) in [5.74, 6) is 0. The maximum Gasteiger partial charge on any atom is 0.143 e. The Labute approximate surface area is 550 Å². The molecule has 428 valence electrons. The molecule has 0 bridgehead atoms. The predicted molar refractivity (Wildman–Crippen MR) is 385 cm³/mol. The molecule has 0 spiro atoms. The Kier molecular flexibility index (Phi) is 8.59. The Hall–Kier alpha value is -12.2. The zero-order chi connectivity index (χ0) is 74.3. The predicted octanol–water partition coefficient (Wildman–Crippen LogP) is 25.6. The maximum atomic E-state index is 9.46. The van der Waals surface area contributed by atoms with Gasteiger partial charge in [0.05, 0.1) is 21.9 Å². The van der Waals surface area contributed by atoms with E-state index in [-0.39, 0.29) is 114 Å². The molecule has 0 amide bonds. The van der Waals surface area contributed by atoms with Gasteiger partial charge in [-0.1, -0.05) is 242 Å². The molecular formula is C88H52O4. The van der Waals surface area contributed by atoms with Crippen molar-refractivity contribution in [3.05, 3.63) is 315 Å². The van der Waals surface area contributed by atoms with Gasteiger partial charge in [-0.25, -0.2) is 0 Å². The van der Waals surface area contributed by atoms with Crippen LogP contribution in [0.5, 0.6) is 0 Å². The van der Waals surface area contributed by atoms with Crippen molar-refractivity contribution >= 4 is 131 Å². The van der Waals surface area contributed by atoms with Crippen LogP contribution >= 0.6 is 0 Å². The van der Waals surface area contributed by atoms with Gasteiger partial charge in [0.25, 0.3) is 0 Å². The van der Waals surface area contributed by atoms with Crippen molar-refractivity contribution in [1.82, 2.24) is 0 Å². The quantitative estimate of drug-likeness (QED) is 0.156. The van der Waals surface area contributed by atoms with Crippen molar-refractivity contribution in [2.75, 3.05) is 0 Å². The number of furan rings is 4. The highest BCUT2D eigenvalue weighted by Gasteiger charge is 2.24. The number of fused-ring (bicyclic) bond motifs is 16. The highest BCUT2D eigenvalue weighted by atomic mass is 16.3. The third-order valence-corrected chi connectivity index (χ3v) is 17.8. The lowest BCUT2D eigenvalue weighted by Gasteiger charge is -2.18. The number of hydrogen-bond acceptors (Lipinski definition) is 4. The minimum Gasteiger partial charge on any atom is -0.456 e. The average molecular weight is 1190 g/mol. The molecule has 20 aromatic rings. The molecule has 4 nitrogen and oxygen atoms in total. The van der Waals surface area contributed by atoms with Crippen LogP contribution < -0.4 is 0 Å². The Morgan fingerprint density at radius 3 is 1.04 bits per heavy atom. The normalized spacial score (nSPS) is 14.3. The average Bonchev–Trinajstić information content (AvgIpc) is 0.914. The van der Waals surface area contributed by atoms with E-state index < -0.39 is 48.3 Å². The maximum absolute atomic E-state index is 9.46. The fourth-order valence-electron chi connectivity index (χ4n) is 13.8. The van der Waals surface area contributed by atoms with Crippen LogP contribution in [0.15, 0.2) is 333 Å². The first-order chi connectivity index (χ1) is 52.3. The minimum absolute atomic E-state index is 0.136. The molecule has 4 heteroatoms. The van der Waals surface area contributed by atoms with Gasteiger partial charge in [0, 0.05) is 48.7 Å². The first-order valence-corrected chi connectivity index (χ1v) is 30.0. The number of para-hydroxylation sites is 3. The summed E-state index contributed by atoms with van der Waals surface area (Å²) >= 11 is 0. The van der Waals surface area contributed by atoms with Crippen LogP contribution in [0.1, 0.15) is 21.9 Å². The molecule has 16 aromatic carbocycles. The number of rotatable bonds is 6. The van der Waals surface area contributed by atoms with Crippen LogP contribution in [0, 0.1) is 0 Å². The van der Waals surface area contributed by atoms with E-state index >= 15 is 0 Å². The van der Waals surface area contributed by atoms with Crippen LogP contribution in [0.2, 0.25) is 0 Å². The van der Waals surface area contributed by atoms with Crippen LogP contribution in [-0.2, 0) is 0 Å². The Morgan fingerprint density at radius 2 is 0.533 bits per heavy atom. The van der Waals surface area contributed by atoms with Crippen LogP contribution in [0.4, 0.5) is 0 Å². The van der Waals surface area contributed by atoms with Gasteiger partial charge in [-0.3, -0.25) is 0 Å². The van der Waals surface area contributed by atoms with Crippen molar-refractivity contribution in [3.8, 4) is 66.8 Å². The van der Waals surface area contributed by atoms with Gasteiger partial charge in [-0.2, -0.15) is 0 Å². The molecule has 0 aliphatic rings. The molecule has 20 rings (SSSR count). The molecule has 0 radical (unpaired) electrons. The number of benzene rings is 16. The lowest BCUT2D eigenvalue weighted by atomic mass is 9.84. The second-order valence-corrected chi connectivity index (χ2v) is 22.8. The molecule has 0 N–H and O–H groups in total. The van der Waals surface area contributed by atoms with E-state index in [1.165, 1.54) is 0 Å². The topological polar surface area (TPSA) is 52.6 Å². The summed E-state index contributed by atoms with van der Waals surface area (Å²) < 4.78 is 171. The molecule has 0 aliphatic heterocycles. The van der Waals surface area contributed by atoms with Crippen molar-refractivity contribution in [3.63, 3.8) is 0 Å². The fourth-order valence-corrected chi connectivity index (χ4v) is 13.8. The first kappa shape index (κ1) is 38.2. The van der Waals surface area contributed by atoms with Crippen molar-refractivity contribution < 1.29 is 39.6 Å². The SMILES string of the molecule is [2H]c1c([2H])c([2H])c2c(-c3ccc(-c4ccccc4)c4oc5ccccc5c34)c3c([2H])c([2H])c([2H])c([2H])c3c(-c3ccc4c(c3)oc3ccccc34)c2c1[2H].[2H]c1c([2H])c([2H])c2c(-c3ccc4oc5ccccc5c4c3)c3c([2H])c([2H])c([2H])c([2H])c3c(-c3ccc4c(c3)oc3cc(-c5ccccc5)ccc34)c2c1[2H]. The van der Waals surface area contributed by atoms with Gasteiger partial charge in [0.15, 0.2) is 0 Å². The highest BCUT2D eigenvalue weighted by Crippen LogP contribution is 2.51. The van der Waals surface area contributed by atoms with Gasteiger partial charge in [0.2, 0.25) is 0 Å². The van der Waals surface area contributed by atoms with Crippen LogP contribution in [0.3, 0.4) is 0 Å². The molecule has 0 unspecified atom stereocenters. The Morgan fingerprint density at radius 1 is 0.196 bits per heavy atom. The Bertz CT molecular complexity index is 7220. The largest absolute Gasteiger partial charge is 0.456 e. The summed E-state index contributed by atoms with van der Waals surface area (Å²) in [5.41, 5.74) is 11.7. The Balaban J connectivity index is 0.000000147. The second-order valence-electron chi connectivity index (χ2n) is 22.8. The first-order valence-electron chi connectivity index (χ1n) is 38.0. The van der Waals surface area contributed by atoms with Gasteiger partial charge in [-0.15, -0.1) is 0 Å². The molecule has 0 fully saturated rings. The van der Waals surface area contributed by atoms with E-state index in [4.69, 9.17) is 28.6 Å². The fraction of sp³-hybridized carbons (Fsp3) is 0.